The number of rotatable bonds is 5. The molecule has 0 aromatic rings. The summed E-state index contributed by atoms with van der Waals surface area (Å²) in [5, 5.41) is 9.97. The Balaban J connectivity index is 2.34. The molecule has 1 rings (SSSR count). The van der Waals surface area contributed by atoms with E-state index in [4.69, 9.17) is 4.74 Å². The van der Waals surface area contributed by atoms with Crippen molar-refractivity contribution in [3.8, 4) is 0 Å². The predicted molar refractivity (Wildman–Crippen MR) is 75.4 cm³/mol. The second-order valence-electron chi connectivity index (χ2n) is 8.00. The van der Waals surface area contributed by atoms with E-state index in [0.29, 0.717) is 18.1 Å². The van der Waals surface area contributed by atoms with Gasteiger partial charge in [-0.3, -0.25) is 0 Å². The lowest BCUT2D eigenvalue weighted by atomic mass is 9.71. The summed E-state index contributed by atoms with van der Waals surface area (Å²) in [4.78, 5) is 0. The fourth-order valence-electron chi connectivity index (χ4n) is 3.32. The Hall–Kier alpha value is -0.120. The van der Waals surface area contributed by atoms with E-state index in [1.165, 1.54) is 6.42 Å². The summed E-state index contributed by atoms with van der Waals surface area (Å²) in [5.41, 5.74) is 0.382. The molecule has 0 heterocycles. The zero-order valence-corrected chi connectivity index (χ0v) is 13.1. The summed E-state index contributed by atoms with van der Waals surface area (Å²) in [6, 6.07) is 0. The van der Waals surface area contributed by atoms with E-state index < -0.39 is 0 Å². The van der Waals surface area contributed by atoms with Crippen LogP contribution in [0.25, 0.3) is 0 Å². The van der Waals surface area contributed by atoms with Gasteiger partial charge >= 0.3 is 0 Å². The van der Waals surface area contributed by atoms with E-state index in [1.54, 1.807) is 0 Å². The molecule has 3 atom stereocenters. The number of ether oxygens (including phenoxy) is 1. The van der Waals surface area contributed by atoms with Crippen molar-refractivity contribution < 1.29 is 14.3 Å². The van der Waals surface area contributed by atoms with Crippen LogP contribution in [-0.2, 0) is 4.74 Å². The molecule has 3 heteroatoms. The van der Waals surface area contributed by atoms with Crippen molar-refractivity contribution in [1.82, 2.24) is 0 Å². The van der Waals surface area contributed by atoms with Crippen LogP contribution in [0, 0.1) is 11.3 Å². The lowest BCUT2D eigenvalue weighted by Gasteiger charge is -2.39. The van der Waals surface area contributed by atoms with E-state index in [2.05, 4.69) is 41.9 Å². The van der Waals surface area contributed by atoms with E-state index >= 15 is 0 Å². The van der Waals surface area contributed by atoms with E-state index in [1.807, 2.05) is 0 Å². The summed E-state index contributed by atoms with van der Waals surface area (Å²) in [5.74, 6) is 0.731. The maximum Gasteiger partial charge on any atom is 0.126 e. The lowest BCUT2D eigenvalue weighted by Crippen LogP contribution is -2.44. The molecule has 0 bridgehead atoms. The van der Waals surface area contributed by atoms with Crippen LogP contribution in [0.2, 0.25) is 0 Å². The molecule has 1 saturated carbocycles. The molecular weight excluding hydrogens is 226 g/mol. The summed E-state index contributed by atoms with van der Waals surface area (Å²) in [6.45, 7) is 8.16. The Morgan fingerprint density at radius 2 is 1.89 bits per heavy atom. The molecule has 18 heavy (non-hydrogen) atoms. The van der Waals surface area contributed by atoms with Crippen molar-refractivity contribution in [2.75, 3.05) is 34.3 Å². The average molecular weight is 258 g/mol. The molecule has 0 radical (unpaired) electrons. The van der Waals surface area contributed by atoms with Crippen LogP contribution in [0.5, 0.6) is 0 Å². The molecule has 0 aromatic carbocycles. The molecule has 1 N–H and O–H groups in total. The molecule has 0 unspecified atom stereocenters. The molecule has 1 fully saturated rings. The van der Waals surface area contributed by atoms with Gasteiger partial charge in [-0.05, 0) is 30.6 Å². The third-order valence-electron chi connectivity index (χ3n) is 3.63. The molecule has 0 aliphatic heterocycles. The first kappa shape index (κ1) is 15.9. The van der Waals surface area contributed by atoms with Gasteiger partial charge < -0.3 is 14.3 Å². The molecular formula is C15H32NO2+. The maximum absolute atomic E-state index is 9.97. The third kappa shape index (κ3) is 6.17. The molecule has 1 aliphatic rings. The highest BCUT2D eigenvalue weighted by atomic mass is 16.5. The van der Waals surface area contributed by atoms with Crippen LogP contribution in [0.4, 0.5) is 0 Å². The largest absolute Gasteiger partial charge is 0.385 e. The van der Waals surface area contributed by atoms with Gasteiger partial charge in [0.15, 0.2) is 0 Å². The van der Waals surface area contributed by atoms with Gasteiger partial charge in [0.05, 0.1) is 33.9 Å². The minimum Gasteiger partial charge on any atom is -0.385 e. The number of hydrogen-bond donors (Lipinski definition) is 1. The summed E-state index contributed by atoms with van der Waals surface area (Å²) in [6.07, 6.45) is 3.51. The summed E-state index contributed by atoms with van der Waals surface area (Å²) < 4.78 is 6.71. The molecule has 1 aliphatic carbocycles. The number of nitrogens with zero attached hydrogens (tertiary/aromatic N) is 1. The SMILES string of the molecule is C[C@H]1C[C@H](OC[C@@H](O)C[N+](C)(C)C)CC(C)(C)C1. The van der Waals surface area contributed by atoms with Crippen molar-refractivity contribution in [2.45, 2.75) is 52.2 Å². The fraction of sp³-hybridized carbons (Fsp3) is 1.00. The maximum atomic E-state index is 9.97. The fourth-order valence-corrected chi connectivity index (χ4v) is 3.32. The molecule has 0 spiro atoms. The zero-order chi connectivity index (χ0) is 14.0. The first-order valence-corrected chi connectivity index (χ1v) is 7.17. The second-order valence-corrected chi connectivity index (χ2v) is 8.00. The minimum atomic E-state index is -0.356. The van der Waals surface area contributed by atoms with Crippen molar-refractivity contribution in [1.29, 1.82) is 0 Å². The van der Waals surface area contributed by atoms with Crippen LogP contribution in [0.1, 0.15) is 40.0 Å². The highest BCUT2D eigenvalue weighted by Crippen LogP contribution is 2.39. The predicted octanol–water partition coefficient (Wildman–Crippen LogP) is 2.28. The standard InChI is InChI=1S/C15H32NO2/c1-12-7-14(9-15(2,3)8-12)18-11-13(17)10-16(4,5)6/h12-14,17H,7-11H2,1-6H3/q+1/t12-,13-,14-/m0/s1. The van der Waals surface area contributed by atoms with Crippen molar-refractivity contribution in [3.05, 3.63) is 0 Å². The Bertz CT molecular complexity index is 258. The van der Waals surface area contributed by atoms with E-state index in [0.717, 1.165) is 29.8 Å². The van der Waals surface area contributed by atoms with Gasteiger partial charge in [-0.25, -0.2) is 0 Å². The van der Waals surface area contributed by atoms with Gasteiger partial charge in [0, 0.05) is 0 Å². The van der Waals surface area contributed by atoms with Gasteiger partial charge in [-0.15, -0.1) is 0 Å². The lowest BCUT2D eigenvalue weighted by molar-refractivity contribution is -0.873. The first-order valence-electron chi connectivity index (χ1n) is 7.17. The molecule has 0 aromatic heterocycles. The second kappa shape index (κ2) is 5.89. The number of aliphatic hydroxyl groups excluding tert-OH is 1. The van der Waals surface area contributed by atoms with Crippen LogP contribution in [0.3, 0.4) is 0 Å². The first-order chi connectivity index (χ1) is 8.07. The Labute approximate surface area is 113 Å². The van der Waals surface area contributed by atoms with Crippen molar-refractivity contribution >= 4 is 0 Å². The molecule has 108 valence electrons. The van der Waals surface area contributed by atoms with Crippen molar-refractivity contribution in [2.24, 2.45) is 11.3 Å². The Kier molecular flexibility index (Phi) is 5.22. The van der Waals surface area contributed by atoms with Gasteiger partial charge in [0.25, 0.3) is 0 Å². The van der Waals surface area contributed by atoms with Gasteiger partial charge in [0.2, 0.25) is 0 Å². The molecule has 0 saturated heterocycles. The highest BCUT2D eigenvalue weighted by molar-refractivity contribution is 4.83. The number of aliphatic hydroxyl groups is 1. The normalized spacial score (nSPS) is 30.2. The number of quaternary nitrogens is 1. The Morgan fingerprint density at radius 3 is 2.39 bits per heavy atom. The van der Waals surface area contributed by atoms with E-state index in [9.17, 15) is 5.11 Å². The average Bonchev–Trinajstić information content (AvgIpc) is 2.08. The summed E-state index contributed by atoms with van der Waals surface area (Å²) >= 11 is 0. The topological polar surface area (TPSA) is 29.5 Å². The summed E-state index contributed by atoms with van der Waals surface area (Å²) in [7, 11) is 6.28. The monoisotopic (exact) mass is 258 g/mol. The van der Waals surface area contributed by atoms with Gasteiger partial charge in [0.1, 0.15) is 12.6 Å². The van der Waals surface area contributed by atoms with E-state index in [-0.39, 0.29) is 6.10 Å². The third-order valence-corrected chi connectivity index (χ3v) is 3.63. The van der Waals surface area contributed by atoms with Crippen LogP contribution >= 0.6 is 0 Å². The zero-order valence-electron chi connectivity index (χ0n) is 13.1. The van der Waals surface area contributed by atoms with Gasteiger partial charge in [-0.2, -0.15) is 0 Å². The minimum absolute atomic E-state index is 0.325. The van der Waals surface area contributed by atoms with Gasteiger partial charge in [-0.1, -0.05) is 20.8 Å². The highest BCUT2D eigenvalue weighted by Gasteiger charge is 2.32. The van der Waals surface area contributed by atoms with Crippen LogP contribution in [0.15, 0.2) is 0 Å². The van der Waals surface area contributed by atoms with Crippen LogP contribution in [-0.4, -0.2) is 56.1 Å². The molecule has 0 amide bonds. The molecule has 3 nitrogen and oxygen atoms in total. The van der Waals surface area contributed by atoms with Crippen molar-refractivity contribution in [3.63, 3.8) is 0 Å². The quantitative estimate of drug-likeness (QED) is 0.767. The number of hydrogen-bond acceptors (Lipinski definition) is 2. The Morgan fingerprint density at radius 1 is 1.28 bits per heavy atom. The van der Waals surface area contributed by atoms with Crippen LogP contribution < -0.4 is 0 Å². The smallest absolute Gasteiger partial charge is 0.126 e. The number of likely N-dealkylation sites (N-methyl/N-ethyl adjacent to an activating group) is 1.